The van der Waals surface area contributed by atoms with E-state index in [0.29, 0.717) is 0 Å². The molecular weight excluding hydrogens is 340 g/mol. The molecule has 0 bridgehead atoms. The van der Waals surface area contributed by atoms with Gasteiger partial charge in [0.1, 0.15) is 11.2 Å². The molecule has 1 aromatic heterocycles. The highest BCUT2D eigenvalue weighted by Gasteiger charge is 2.14. The van der Waals surface area contributed by atoms with Crippen molar-refractivity contribution in [3.05, 3.63) is 108 Å². The van der Waals surface area contributed by atoms with Crippen LogP contribution in [0.1, 0.15) is 11.1 Å². The van der Waals surface area contributed by atoms with Crippen molar-refractivity contribution < 1.29 is 4.42 Å². The van der Waals surface area contributed by atoms with Crippen LogP contribution in [0, 0.1) is 0 Å². The monoisotopic (exact) mass is 358 g/mol. The summed E-state index contributed by atoms with van der Waals surface area (Å²) in [5.74, 6) is 0. The molecule has 6 aromatic rings. The van der Waals surface area contributed by atoms with Crippen molar-refractivity contribution in [2.45, 2.75) is 6.42 Å². The normalized spacial score (nSPS) is 11.7. The number of para-hydroxylation sites is 1. The van der Waals surface area contributed by atoms with Gasteiger partial charge in [-0.1, -0.05) is 91.0 Å². The molecule has 0 radical (unpaired) electrons. The molecule has 0 N–H and O–H groups in total. The SMILES string of the molecule is c1ccc2c(Cc3cccc4c3oc3ccc5ccccc5c34)cccc2c1. The predicted octanol–water partition coefficient (Wildman–Crippen LogP) is 7.48. The summed E-state index contributed by atoms with van der Waals surface area (Å²) in [6.07, 6.45) is 0.858. The largest absolute Gasteiger partial charge is 0.456 e. The average Bonchev–Trinajstić information content (AvgIpc) is 3.14. The molecule has 5 aromatic carbocycles. The molecule has 28 heavy (non-hydrogen) atoms. The highest BCUT2D eigenvalue weighted by Crippen LogP contribution is 2.36. The maximum atomic E-state index is 6.38. The van der Waals surface area contributed by atoms with Gasteiger partial charge in [0.2, 0.25) is 0 Å². The third-order valence-corrected chi connectivity index (χ3v) is 5.73. The Hall–Kier alpha value is -3.58. The van der Waals surface area contributed by atoms with Crippen molar-refractivity contribution in [2.24, 2.45) is 0 Å². The van der Waals surface area contributed by atoms with E-state index in [1.54, 1.807) is 0 Å². The molecule has 6 rings (SSSR count). The van der Waals surface area contributed by atoms with Gasteiger partial charge in [-0.2, -0.15) is 0 Å². The minimum atomic E-state index is 0.858. The van der Waals surface area contributed by atoms with Crippen LogP contribution in [0.25, 0.3) is 43.5 Å². The van der Waals surface area contributed by atoms with Crippen molar-refractivity contribution in [1.82, 2.24) is 0 Å². The number of hydrogen-bond donors (Lipinski definition) is 0. The fourth-order valence-corrected chi connectivity index (χ4v) is 4.42. The van der Waals surface area contributed by atoms with Crippen molar-refractivity contribution in [2.75, 3.05) is 0 Å². The van der Waals surface area contributed by atoms with Crippen molar-refractivity contribution in [1.29, 1.82) is 0 Å². The molecule has 0 aliphatic carbocycles. The topological polar surface area (TPSA) is 13.1 Å². The zero-order valence-corrected chi connectivity index (χ0v) is 15.4. The number of hydrogen-bond acceptors (Lipinski definition) is 1. The lowest BCUT2D eigenvalue weighted by molar-refractivity contribution is 0.664. The van der Waals surface area contributed by atoms with E-state index in [2.05, 4.69) is 97.1 Å². The first-order chi connectivity index (χ1) is 13.9. The Bertz CT molecular complexity index is 1480. The fraction of sp³-hybridized carbons (Fsp3) is 0.0370. The first-order valence-electron chi connectivity index (χ1n) is 9.67. The number of rotatable bonds is 2. The Morgan fingerprint density at radius 2 is 1.14 bits per heavy atom. The van der Waals surface area contributed by atoms with E-state index >= 15 is 0 Å². The van der Waals surface area contributed by atoms with Crippen LogP contribution in [-0.4, -0.2) is 0 Å². The van der Waals surface area contributed by atoms with E-state index in [9.17, 15) is 0 Å². The van der Waals surface area contributed by atoms with Crippen LogP contribution in [0.3, 0.4) is 0 Å². The minimum absolute atomic E-state index is 0.858. The minimum Gasteiger partial charge on any atom is -0.456 e. The summed E-state index contributed by atoms with van der Waals surface area (Å²) >= 11 is 0. The smallest absolute Gasteiger partial charge is 0.138 e. The number of benzene rings is 5. The maximum absolute atomic E-state index is 6.38. The molecule has 1 heterocycles. The van der Waals surface area contributed by atoms with Gasteiger partial charge in [0.05, 0.1) is 0 Å². The lowest BCUT2D eigenvalue weighted by Gasteiger charge is -2.07. The number of fused-ring (bicyclic) bond motifs is 6. The van der Waals surface area contributed by atoms with Crippen LogP contribution >= 0.6 is 0 Å². The van der Waals surface area contributed by atoms with Gasteiger partial charge in [-0.15, -0.1) is 0 Å². The highest BCUT2D eigenvalue weighted by molar-refractivity contribution is 6.19. The Labute approximate surface area is 162 Å². The van der Waals surface area contributed by atoms with Gasteiger partial charge in [-0.3, -0.25) is 0 Å². The van der Waals surface area contributed by atoms with Gasteiger partial charge in [0, 0.05) is 17.2 Å². The zero-order valence-electron chi connectivity index (χ0n) is 15.4. The number of furan rings is 1. The molecule has 1 heteroatoms. The first kappa shape index (κ1) is 15.5. The van der Waals surface area contributed by atoms with Crippen LogP contribution in [0.15, 0.2) is 101 Å². The van der Waals surface area contributed by atoms with Crippen molar-refractivity contribution in [3.8, 4) is 0 Å². The van der Waals surface area contributed by atoms with Gasteiger partial charge in [-0.25, -0.2) is 0 Å². The van der Waals surface area contributed by atoms with Gasteiger partial charge >= 0.3 is 0 Å². The molecule has 0 aliphatic heterocycles. The molecule has 0 atom stereocenters. The van der Waals surface area contributed by atoms with Crippen molar-refractivity contribution >= 4 is 43.5 Å². The van der Waals surface area contributed by atoms with Crippen LogP contribution in [0.5, 0.6) is 0 Å². The summed E-state index contributed by atoms with van der Waals surface area (Å²) in [7, 11) is 0. The molecule has 0 aliphatic rings. The summed E-state index contributed by atoms with van der Waals surface area (Å²) in [4.78, 5) is 0. The van der Waals surface area contributed by atoms with E-state index in [1.807, 2.05) is 0 Å². The third kappa shape index (κ3) is 2.26. The first-order valence-corrected chi connectivity index (χ1v) is 9.67. The lowest BCUT2D eigenvalue weighted by atomic mass is 9.97. The van der Waals surface area contributed by atoms with E-state index in [-0.39, 0.29) is 0 Å². The van der Waals surface area contributed by atoms with E-state index in [0.717, 1.165) is 17.6 Å². The molecule has 0 fully saturated rings. The van der Waals surface area contributed by atoms with Crippen LogP contribution in [-0.2, 0) is 6.42 Å². The second-order valence-corrected chi connectivity index (χ2v) is 7.37. The average molecular weight is 358 g/mol. The summed E-state index contributed by atoms with van der Waals surface area (Å²) in [6.45, 7) is 0. The molecule has 0 saturated carbocycles. The molecule has 1 nitrogen and oxygen atoms in total. The third-order valence-electron chi connectivity index (χ3n) is 5.73. The summed E-state index contributed by atoms with van der Waals surface area (Å²) in [5.41, 5.74) is 4.52. The molecule has 0 spiro atoms. The summed E-state index contributed by atoms with van der Waals surface area (Å²) in [6, 6.07) is 34.4. The van der Waals surface area contributed by atoms with Crippen LogP contribution in [0.2, 0.25) is 0 Å². The van der Waals surface area contributed by atoms with Gasteiger partial charge in [0.15, 0.2) is 0 Å². The summed E-state index contributed by atoms with van der Waals surface area (Å²) in [5, 5.41) is 7.50. The van der Waals surface area contributed by atoms with E-state index in [4.69, 9.17) is 4.42 Å². The quantitative estimate of drug-likeness (QED) is 0.313. The van der Waals surface area contributed by atoms with Crippen LogP contribution in [0.4, 0.5) is 0 Å². The highest BCUT2D eigenvalue weighted by atomic mass is 16.3. The van der Waals surface area contributed by atoms with Gasteiger partial charge in [0.25, 0.3) is 0 Å². The second-order valence-electron chi connectivity index (χ2n) is 7.37. The Balaban J connectivity index is 1.61. The standard InChI is InChI=1S/C27H18O/c1-3-12-22-18(7-1)9-5-10-20(22)17-21-11-6-14-24-26-23-13-4-2-8-19(23)15-16-25(26)28-27(21)24/h1-16H,17H2. The Kier molecular flexibility index (Phi) is 3.30. The second kappa shape index (κ2) is 5.97. The Morgan fingerprint density at radius 1 is 0.500 bits per heavy atom. The molecule has 0 amide bonds. The zero-order chi connectivity index (χ0) is 18.5. The van der Waals surface area contributed by atoms with Gasteiger partial charge in [-0.05, 0) is 38.7 Å². The maximum Gasteiger partial charge on any atom is 0.138 e. The Morgan fingerprint density at radius 3 is 2.04 bits per heavy atom. The fourth-order valence-electron chi connectivity index (χ4n) is 4.42. The predicted molar refractivity (Wildman–Crippen MR) is 118 cm³/mol. The summed E-state index contributed by atoms with van der Waals surface area (Å²) < 4.78 is 6.38. The van der Waals surface area contributed by atoms with Crippen LogP contribution < -0.4 is 0 Å². The molecule has 0 unspecified atom stereocenters. The molecule has 0 saturated heterocycles. The molecular formula is C27H18O. The lowest BCUT2D eigenvalue weighted by Crippen LogP contribution is -1.90. The molecule has 132 valence electrons. The van der Waals surface area contributed by atoms with Crippen molar-refractivity contribution in [3.63, 3.8) is 0 Å². The van der Waals surface area contributed by atoms with E-state index in [1.165, 1.54) is 43.4 Å². The van der Waals surface area contributed by atoms with E-state index < -0.39 is 0 Å². The van der Waals surface area contributed by atoms with Gasteiger partial charge < -0.3 is 4.42 Å².